The van der Waals surface area contributed by atoms with Crippen LogP contribution in [-0.4, -0.2) is 25.8 Å². The molecule has 2 nitrogen and oxygen atoms in total. The highest BCUT2D eigenvalue weighted by Crippen LogP contribution is 2.49. The maximum atomic E-state index is 5.54. The summed E-state index contributed by atoms with van der Waals surface area (Å²) >= 11 is 0. The molecular weight excluding hydrogens is 162 g/mol. The van der Waals surface area contributed by atoms with Gasteiger partial charge < -0.3 is 10.1 Å². The minimum absolute atomic E-state index is 0.684. The van der Waals surface area contributed by atoms with E-state index in [0.29, 0.717) is 6.04 Å². The number of hydrogen-bond acceptors (Lipinski definition) is 2. The van der Waals surface area contributed by atoms with Crippen molar-refractivity contribution in [2.24, 2.45) is 17.8 Å². The van der Waals surface area contributed by atoms with Gasteiger partial charge in [-0.25, -0.2) is 0 Å². The molecule has 2 aliphatic carbocycles. The number of fused-ring (bicyclic) bond motifs is 2. The molecule has 4 unspecified atom stereocenters. The molecule has 0 amide bonds. The molecule has 0 aromatic carbocycles. The van der Waals surface area contributed by atoms with E-state index in [2.05, 4.69) is 5.32 Å². The van der Waals surface area contributed by atoms with Crippen molar-refractivity contribution in [2.45, 2.75) is 31.7 Å². The molecule has 13 heavy (non-hydrogen) atoms. The molecule has 1 saturated heterocycles. The van der Waals surface area contributed by atoms with Crippen molar-refractivity contribution in [3.8, 4) is 0 Å². The SMILES string of the molecule is C1COCC(C2CC3CCC2C3)N1. The van der Waals surface area contributed by atoms with Crippen LogP contribution in [0.5, 0.6) is 0 Å². The van der Waals surface area contributed by atoms with Gasteiger partial charge in [0.05, 0.1) is 13.2 Å². The van der Waals surface area contributed by atoms with Crippen molar-refractivity contribution in [3.63, 3.8) is 0 Å². The Bertz CT molecular complexity index is 189. The van der Waals surface area contributed by atoms with Gasteiger partial charge in [0.25, 0.3) is 0 Å². The molecule has 1 heterocycles. The van der Waals surface area contributed by atoms with Crippen LogP contribution in [0.2, 0.25) is 0 Å². The molecule has 2 saturated carbocycles. The van der Waals surface area contributed by atoms with E-state index in [-0.39, 0.29) is 0 Å². The zero-order chi connectivity index (χ0) is 8.67. The monoisotopic (exact) mass is 181 g/mol. The minimum atomic E-state index is 0.684. The maximum Gasteiger partial charge on any atom is 0.0623 e. The highest BCUT2D eigenvalue weighted by atomic mass is 16.5. The Morgan fingerprint density at radius 3 is 2.77 bits per heavy atom. The second-order valence-electron chi connectivity index (χ2n) is 4.97. The summed E-state index contributed by atoms with van der Waals surface area (Å²) in [5, 5.41) is 3.62. The number of morpholine rings is 1. The zero-order valence-corrected chi connectivity index (χ0v) is 8.17. The molecule has 0 aromatic heterocycles. The van der Waals surface area contributed by atoms with Crippen molar-refractivity contribution in [3.05, 3.63) is 0 Å². The first kappa shape index (κ1) is 8.25. The van der Waals surface area contributed by atoms with Gasteiger partial charge in [-0.15, -0.1) is 0 Å². The topological polar surface area (TPSA) is 21.3 Å². The highest BCUT2D eigenvalue weighted by molar-refractivity contribution is 4.95. The molecule has 2 heteroatoms. The Labute approximate surface area is 80.0 Å². The molecule has 0 spiro atoms. The summed E-state index contributed by atoms with van der Waals surface area (Å²) in [7, 11) is 0. The van der Waals surface area contributed by atoms with Crippen LogP contribution in [0.1, 0.15) is 25.7 Å². The Morgan fingerprint density at radius 1 is 1.15 bits per heavy atom. The number of hydrogen-bond donors (Lipinski definition) is 1. The van der Waals surface area contributed by atoms with E-state index < -0.39 is 0 Å². The van der Waals surface area contributed by atoms with Crippen LogP contribution < -0.4 is 5.32 Å². The van der Waals surface area contributed by atoms with Crippen LogP contribution in [0.4, 0.5) is 0 Å². The van der Waals surface area contributed by atoms with E-state index in [4.69, 9.17) is 4.74 Å². The van der Waals surface area contributed by atoms with Crippen LogP contribution in [0.3, 0.4) is 0 Å². The maximum absolute atomic E-state index is 5.54. The van der Waals surface area contributed by atoms with Crippen LogP contribution >= 0.6 is 0 Å². The number of ether oxygens (including phenoxy) is 1. The lowest BCUT2D eigenvalue weighted by atomic mass is 9.83. The molecule has 3 aliphatic rings. The first-order chi connectivity index (χ1) is 6.43. The summed E-state index contributed by atoms with van der Waals surface area (Å²) in [6, 6.07) is 0.684. The van der Waals surface area contributed by atoms with Gasteiger partial charge in [0.2, 0.25) is 0 Å². The Morgan fingerprint density at radius 2 is 2.15 bits per heavy atom. The van der Waals surface area contributed by atoms with Crippen molar-refractivity contribution in [2.75, 3.05) is 19.8 Å². The third-order valence-corrected chi connectivity index (χ3v) is 4.26. The third-order valence-electron chi connectivity index (χ3n) is 4.26. The third kappa shape index (κ3) is 1.40. The first-order valence-corrected chi connectivity index (χ1v) is 5.74. The van der Waals surface area contributed by atoms with E-state index in [9.17, 15) is 0 Å². The van der Waals surface area contributed by atoms with Crippen LogP contribution in [0, 0.1) is 17.8 Å². The van der Waals surface area contributed by atoms with E-state index in [0.717, 1.165) is 37.5 Å². The Kier molecular flexibility index (Phi) is 2.06. The van der Waals surface area contributed by atoms with Crippen molar-refractivity contribution >= 4 is 0 Å². The largest absolute Gasteiger partial charge is 0.379 e. The number of rotatable bonds is 1. The molecule has 0 radical (unpaired) electrons. The van der Waals surface area contributed by atoms with Crippen molar-refractivity contribution in [1.29, 1.82) is 0 Å². The fourth-order valence-electron chi connectivity index (χ4n) is 3.65. The van der Waals surface area contributed by atoms with E-state index in [1.54, 1.807) is 0 Å². The van der Waals surface area contributed by atoms with Crippen molar-refractivity contribution in [1.82, 2.24) is 5.32 Å². The lowest BCUT2D eigenvalue weighted by molar-refractivity contribution is 0.0449. The molecule has 4 atom stereocenters. The normalized spacial score (nSPS) is 49.8. The molecular formula is C11H19NO. The van der Waals surface area contributed by atoms with E-state index in [1.807, 2.05) is 0 Å². The quantitative estimate of drug-likeness (QED) is 0.660. The summed E-state index contributed by atoms with van der Waals surface area (Å²) < 4.78 is 5.54. The molecule has 3 fully saturated rings. The fourth-order valence-corrected chi connectivity index (χ4v) is 3.65. The van der Waals surface area contributed by atoms with Gasteiger partial charge in [-0.2, -0.15) is 0 Å². The minimum Gasteiger partial charge on any atom is -0.379 e. The molecule has 74 valence electrons. The molecule has 0 aromatic rings. The van der Waals surface area contributed by atoms with Gasteiger partial charge in [0, 0.05) is 12.6 Å². The van der Waals surface area contributed by atoms with Gasteiger partial charge in [-0.3, -0.25) is 0 Å². The van der Waals surface area contributed by atoms with Gasteiger partial charge >= 0.3 is 0 Å². The molecule has 1 N–H and O–H groups in total. The Hall–Kier alpha value is -0.0800. The summed E-state index contributed by atoms with van der Waals surface area (Å²) in [4.78, 5) is 0. The predicted octanol–water partition coefficient (Wildman–Crippen LogP) is 1.41. The second-order valence-corrected chi connectivity index (χ2v) is 4.97. The van der Waals surface area contributed by atoms with Gasteiger partial charge in [-0.1, -0.05) is 6.42 Å². The van der Waals surface area contributed by atoms with Crippen LogP contribution in [-0.2, 0) is 4.74 Å². The van der Waals surface area contributed by atoms with Crippen LogP contribution in [0.15, 0.2) is 0 Å². The smallest absolute Gasteiger partial charge is 0.0623 e. The molecule has 2 bridgehead atoms. The van der Waals surface area contributed by atoms with Crippen molar-refractivity contribution < 1.29 is 4.74 Å². The highest BCUT2D eigenvalue weighted by Gasteiger charge is 2.43. The fraction of sp³-hybridized carbons (Fsp3) is 1.00. The lowest BCUT2D eigenvalue weighted by Gasteiger charge is -2.33. The second kappa shape index (κ2) is 3.25. The lowest BCUT2D eigenvalue weighted by Crippen LogP contribution is -2.47. The first-order valence-electron chi connectivity index (χ1n) is 5.74. The van der Waals surface area contributed by atoms with E-state index >= 15 is 0 Å². The van der Waals surface area contributed by atoms with Crippen LogP contribution in [0.25, 0.3) is 0 Å². The summed E-state index contributed by atoms with van der Waals surface area (Å²) in [6.07, 6.45) is 6.00. The Balaban J connectivity index is 1.65. The molecule has 1 aliphatic heterocycles. The average Bonchev–Trinajstić information content (AvgIpc) is 2.80. The van der Waals surface area contributed by atoms with Gasteiger partial charge in [-0.05, 0) is 37.0 Å². The molecule has 3 rings (SSSR count). The summed E-state index contributed by atoms with van der Waals surface area (Å²) in [5.41, 5.74) is 0. The predicted molar refractivity (Wildman–Crippen MR) is 51.5 cm³/mol. The summed E-state index contributed by atoms with van der Waals surface area (Å²) in [5.74, 6) is 3.04. The van der Waals surface area contributed by atoms with E-state index in [1.165, 1.54) is 25.7 Å². The van der Waals surface area contributed by atoms with Gasteiger partial charge in [0.15, 0.2) is 0 Å². The standard InChI is InChI=1S/C11H19NO/c1-2-9-5-8(1)6-10(9)11-7-13-4-3-12-11/h8-12H,1-7H2. The average molecular weight is 181 g/mol. The summed E-state index contributed by atoms with van der Waals surface area (Å²) in [6.45, 7) is 2.95. The van der Waals surface area contributed by atoms with Gasteiger partial charge in [0.1, 0.15) is 0 Å². The number of nitrogens with one attached hydrogen (secondary N) is 1. The zero-order valence-electron chi connectivity index (χ0n) is 8.17.